The van der Waals surface area contributed by atoms with E-state index in [1.165, 1.54) is 42.3 Å². The molecule has 31 heavy (non-hydrogen) atoms. The van der Waals surface area contributed by atoms with Crippen molar-refractivity contribution in [2.24, 2.45) is 0 Å². The van der Waals surface area contributed by atoms with Crippen molar-refractivity contribution in [2.45, 2.75) is 17.7 Å². The number of anilines is 2. The molecule has 1 amide bonds. The summed E-state index contributed by atoms with van der Waals surface area (Å²) in [7, 11) is -2.51. The zero-order chi connectivity index (χ0) is 22.2. The van der Waals surface area contributed by atoms with E-state index in [1.807, 2.05) is 0 Å². The molecule has 0 radical (unpaired) electrons. The van der Waals surface area contributed by atoms with Crippen molar-refractivity contribution in [1.82, 2.24) is 0 Å². The smallest absolute Gasteiger partial charge is 0.264 e. The number of fused-ring (bicyclic) bond motifs is 1. The zero-order valence-electron chi connectivity index (χ0n) is 16.8. The minimum Gasteiger partial charge on any atom is -0.305 e. The van der Waals surface area contributed by atoms with Crippen molar-refractivity contribution < 1.29 is 17.6 Å². The molecule has 0 saturated carbocycles. The monoisotopic (exact) mass is 458 g/mol. The van der Waals surface area contributed by atoms with Crippen molar-refractivity contribution in [2.75, 3.05) is 22.8 Å². The third kappa shape index (κ3) is 4.03. The molecule has 4 rings (SSSR count). The number of nitrogens with zero attached hydrogens (tertiary/aromatic N) is 2. The quantitative estimate of drug-likeness (QED) is 0.559. The van der Waals surface area contributed by atoms with Crippen LogP contribution in [-0.2, 0) is 16.4 Å². The van der Waals surface area contributed by atoms with Crippen molar-refractivity contribution >= 4 is 38.9 Å². The van der Waals surface area contributed by atoms with Crippen LogP contribution in [0.15, 0.2) is 71.6 Å². The van der Waals surface area contributed by atoms with Crippen LogP contribution in [0.3, 0.4) is 0 Å². The fraction of sp³-hybridized carbons (Fsp3) is 0.174. The number of rotatable bonds is 4. The van der Waals surface area contributed by atoms with E-state index in [1.54, 1.807) is 36.4 Å². The van der Waals surface area contributed by atoms with Crippen LogP contribution in [0, 0.1) is 5.82 Å². The first-order valence-corrected chi connectivity index (χ1v) is 11.5. The molecule has 8 heteroatoms. The standard InChI is InChI=1S/C23H20ClFN2O3S/c1-26(19-10-4-9-18(24)15-19)31(29,30)20-11-2-7-17(14-20)23(28)27-13-5-8-16-6-3-12-21(25)22(16)27/h2-4,6-7,9-12,14-15H,5,8,13H2,1H3. The van der Waals surface area contributed by atoms with Crippen LogP contribution in [0.4, 0.5) is 15.8 Å². The number of carbonyl (C=O) groups excluding carboxylic acids is 1. The minimum atomic E-state index is -3.93. The van der Waals surface area contributed by atoms with Crippen LogP contribution in [0.1, 0.15) is 22.3 Å². The Morgan fingerprint density at radius 1 is 1.06 bits per heavy atom. The molecular formula is C23H20ClFN2O3S. The van der Waals surface area contributed by atoms with Gasteiger partial charge in [0, 0.05) is 24.2 Å². The second kappa shape index (κ2) is 8.32. The highest BCUT2D eigenvalue weighted by Gasteiger charge is 2.28. The Balaban J connectivity index is 1.69. The second-order valence-electron chi connectivity index (χ2n) is 7.29. The predicted molar refractivity (Wildman–Crippen MR) is 120 cm³/mol. The highest BCUT2D eigenvalue weighted by atomic mass is 35.5. The Morgan fingerprint density at radius 2 is 1.81 bits per heavy atom. The molecule has 0 N–H and O–H groups in total. The van der Waals surface area contributed by atoms with Gasteiger partial charge < -0.3 is 4.90 Å². The number of carbonyl (C=O) groups is 1. The van der Waals surface area contributed by atoms with Crippen molar-refractivity contribution in [3.63, 3.8) is 0 Å². The first kappa shape index (κ1) is 21.3. The number of hydrogen-bond acceptors (Lipinski definition) is 3. The van der Waals surface area contributed by atoms with Crippen molar-refractivity contribution in [3.05, 3.63) is 88.7 Å². The summed E-state index contributed by atoms with van der Waals surface area (Å²) in [4.78, 5) is 14.6. The number of sulfonamides is 1. The molecule has 1 aliphatic heterocycles. The molecule has 1 aliphatic rings. The highest BCUT2D eigenvalue weighted by Crippen LogP contribution is 2.32. The van der Waals surface area contributed by atoms with Gasteiger partial charge in [-0.1, -0.05) is 35.9 Å². The van der Waals surface area contributed by atoms with E-state index in [2.05, 4.69) is 0 Å². The Labute approximate surface area is 185 Å². The fourth-order valence-electron chi connectivity index (χ4n) is 3.72. The lowest BCUT2D eigenvalue weighted by Crippen LogP contribution is -2.36. The van der Waals surface area contributed by atoms with Crippen molar-refractivity contribution in [3.8, 4) is 0 Å². The summed E-state index contributed by atoms with van der Waals surface area (Å²) in [6.07, 6.45) is 1.40. The van der Waals surface area contributed by atoms with Crippen LogP contribution >= 0.6 is 11.6 Å². The van der Waals surface area contributed by atoms with Gasteiger partial charge in [-0.25, -0.2) is 12.8 Å². The summed E-state index contributed by atoms with van der Waals surface area (Å²) in [5, 5.41) is 0.411. The maximum Gasteiger partial charge on any atom is 0.264 e. The van der Waals surface area contributed by atoms with Gasteiger partial charge in [-0.2, -0.15) is 0 Å². The molecule has 0 bridgehead atoms. The number of para-hydroxylation sites is 1. The summed E-state index contributed by atoms with van der Waals surface area (Å²) >= 11 is 5.99. The van der Waals surface area contributed by atoms with E-state index in [9.17, 15) is 17.6 Å². The summed E-state index contributed by atoms with van der Waals surface area (Å²) in [5.41, 5.74) is 1.61. The van der Waals surface area contributed by atoms with E-state index >= 15 is 0 Å². The molecule has 0 aliphatic carbocycles. The molecule has 5 nitrogen and oxygen atoms in total. The number of hydrogen-bond donors (Lipinski definition) is 0. The molecule has 3 aromatic rings. The maximum absolute atomic E-state index is 14.5. The largest absolute Gasteiger partial charge is 0.305 e. The molecular weight excluding hydrogens is 439 g/mol. The summed E-state index contributed by atoms with van der Waals surface area (Å²) in [6, 6.07) is 17.0. The lowest BCUT2D eigenvalue weighted by Gasteiger charge is -2.30. The van der Waals surface area contributed by atoms with Gasteiger partial charge >= 0.3 is 0 Å². The topological polar surface area (TPSA) is 57.7 Å². The average Bonchev–Trinajstić information content (AvgIpc) is 2.78. The first-order valence-electron chi connectivity index (χ1n) is 9.73. The predicted octanol–water partition coefficient (Wildman–Crippen LogP) is 4.90. The number of amides is 1. The fourth-order valence-corrected chi connectivity index (χ4v) is 5.14. The molecule has 0 fully saturated rings. The molecule has 3 aromatic carbocycles. The molecule has 0 spiro atoms. The minimum absolute atomic E-state index is 0.0356. The van der Waals surface area contributed by atoms with Crippen LogP contribution in [-0.4, -0.2) is 27.9 Å². The summed E-state index contributed by atoms with van der Waals surface area (Å²) in [6.45, 7) is 0.367. The Bertz CT molecular complexity index is 1260. The highest BCUT2D eigenvalue weighted by molar-refractivity contribution is 7.92. The van der Waals surface area contributed by atoms with Crippen LogP contribution in [0.25, 0.3) is 0 Å². The summed E-state index contributed by atoms with van der Waals surface area (Å²) in [5.74, 6) is -0.900. The number of halogens is 2. The summed E-state index contributed by atoms with van der Waals surface area (Å²) < 4.78 is 41.9. The van der Waals surface area contributed by atoms with E-state index in [4.69, 9.17) is 11.6 Å². The molecule has 160 valence electrons. The van der Waals surface area contributed by atoms with Gasteiger partial charge in [-0.15, -0.1) is 0 Å². The molecule has 0 aromatic heterocycles. The second-order valence-corrected chi connectivity index (χ2v) is 9.69. The third-order valence-electron chi connectivity index (χ3n) is 5.32. The molecule has 0 atom stereocenters. The van der Waals surface area contributed by atoms with E-state index in [0.717, 1.165) is 9.87 Å². The van der Waals surface area contributed by atoms with E-state index in [0.29, 0.717) is 30.1 Å². The molecule has 1 heterocycles. The Kier molecular flexibility index (Phi) is 5.73. The Morgan fingerprint density at radius 3 is 2.58 bits per heavy atom. The van der Waals surface area contributed by atoms with Crippen molar-refractivity contribution in [1.29, 1.82) is 0 Å². The maximum atomic E-state index is 14.5. The van der Waals surface area contributed by atoms with Gasteiger partial charge in [0.25, 0.3) is 15.9 Å². The lowest BCUT2D eigenvalue weighted by molar-refractivity contribution is 0.0984. The van der Waals surface area contributed by atoms with Gasteiger partial charge in [0.2, 0.25) is 0 Å². The van der Waals surface area contributed by atoms with Crippen LogP contribution < -0.4 is 9.21 Å². The van der Waals surface area contributed by atoms with Gasteiger partial charge in [-0.3, -0.25) is 9.10 Å². The van der Waals surface area contributed by atoms with E-state index < -0.39 is 21.7 Å². The number of benzene rings is 3. The molecule has 0 saturated heterocycles. The lowest BCUT2D eigenvalue weighted by atomic mass is 10.0. The van der Waals surface area contributed by atoms with E-state index in [-0.39, 0.29) is 16.1 Å². The van der Waals surface area contributed by atoms with Crippen LogP contribution in [0.5, 0.6) is 0 Å². The number of aryl methyl sites for hydroxylation is 1. The normalized spacial score (nSPS) is 13.6. The molecule has 0 unspecified atom stereocenters. The van der Waals surface area contributed by atoms with Gasteiger partial charge in [0.05, 0.1) is 16.3 Å². The zero-order valence-corrected chi connectivity index (χ0v) is 18.3. The third-order valence-corrected chi connectivity index (χ3v) is 7.34. The first-order chi connectivity index (χ1) is 14.8. The average molecular weight is 459 g/mol. The van der Waals surface area contributed by atoms with Crippen LogP contribution in [0.2, 0.25) is 5.02 Å². The van der Waals surface area contributed by atoms with Gasteiger partial charge in [0.15, 0.2) is 0 Å². The van der Waals surface area contributed by atoms with Gasteiger partial charge in [-0.05, 0) is 60.9 Å². The Hall–Kier alpha value is -2.90. The van der Waals surface area contributed by atoms with Gasteiger partial charge in [0.1, 0.15) is 5.82 Å². The SMILES string of the molecule is CN(c1cccc(Cl)c1)S(=O)(=O)c1cccc(C(=O)N2CCCc3cccc(F)c32)c1.